The van der Waals surface area contributed by atoms with Gasteiger partial charge in [0, 0.05) is 30.0 Å². The molecule has 0 fully saturated rings. The Kier molecular flexibility index (Phi) is 5.05. The third kappa shape index (κ3) is 3.83. The molecular weight excluding hydrogens is 338 g/mol. The van der Waals surface area contributed by atoms with Gasteiger partial charge in [0.15, 0.2) is 0 Å². The van der Waals surface area contributed by atoms with Crippen LogP contribution >= 0.6 is 11.6 Å². The first-order chi connectivity index (χ1) is 12.1. The number of carbonyl (C=O) groups excluding carboxylic acids is 1. The minimum Gasteiger partial charge on any atom is -0.497 e. The van der Waals surface area contributed by atoms with Crippen molar-refractivity contribution in [3.8, 4) is 5.75 Å². The van der Waals surface area contributed by atoms with E-state index in [0.29, 0.717) is 10.6 Å². The van der Waals surface area contributed by atoms with Crippen LogP contribution in [-0.4, -0.2) is 22.6 Å². The second kappa shape index (κ2) is 7.40. The van der Waals surface area contributed by atoms with Gasteiger partial charge in [-0.1, -0.05) is 23.7 Å². The van der Waals surface area contributed by atoms with Crippen LogP contribution in [0.5, 0.6) is 5.75 Å². The molecule has 0 saturated heterocycles. The molecule has 5 nitrogen and oxygen atoms in total. The lowest BCUT2D eigenvalue weighted by molar-refractivity contribution is 0.0941. The fourth-order valence-corrected chi connectivity index (χ4v) is 2.69. The number of aromatic nitrogens is 2. The predicted octanol–water partition coefficient (Wildman–Crippen LogP) is 3.60. The highest BCUT2D eigenvalue weighted by Gasteiger charge is 2.21. The fraction of sp³-hybridized carbons (Fsp3) is 0.158. The van der Waals surface area contributed by atoms with E-state index in [4.69, 9.17) is 16.3 Å². The molecule has 0 bridgehead atoms. The third-order valence-electron chi connectivity index (χ3n) is 3.95. The Hall–Kier alpha value is -2.79. The van der Waals surface area contributed by atoms with Crippen molar-refractivity contribution in [2.24, 2.45) is 7.05 Å². The molecule has 0 aliphatic heterocycles. The van der Waals surface area contributed by atoms with Gasteiger partial charge in [-0.2, -0.15) is 0 Å². The summed E-state index contributed by atoms with van der Waals surface area (Å²) in [6.45, 7) is 0. The SMILES string of the molecule is COc1ccc([C@@H](NC(=O)c2ccc(Cl)cc2)c2nccn2C)cc1. The van der Waals surface area contributed by atoms with Crippen LogP contribution in [0, 0.1) is 0 Å². The highest BCUT2D eigenvalue weighted by Crippen LogP contribution is 2.23. The normalized spacial score (nSPS) is 11.8. The Balaban J connectivity index is 1.92. The van der Waals surface area contributed by atoms with E-state index in [0.717, 1.165) is 17.1 Å². The average molecular weight is 356 g/mol. The molecule has 0 unspecified atom stereocenters. The van der Waals surface area contributed by atoms with Crippen molar-refractivity contribution < 1.29 is 9.53 Å². The number of halogens is 1. The summed E-state index contributed by atoms with van der Waals surface area (Å²) in [5.74, 6) is 1.30. The monoisotopic (exact) mass is 355 g/mol. The molecule has 25 heavy (non-hydrogen) atoms. The van der Waals surface area contributed by atoms with Gasteiger partial charge in [-0.3, -0.25) is 4.79 Å². The van der Waals surface area contributed by atoms with Crippen LogP contribution in [0.25, 0.3) is 0 Å². The molecule has 1 N–H and O–H groups in total. The molecule has 0 radical (unpaired) electrons. The quantitative estimate of drug-likeness (QED) is 0.760. The van der Waals surface area contributed by atoms with Crippen LogP contribution in [0.15, 0.2) is 60.9 Å². The number of imidazole rings is 1. The van der Waals surface area contributed by atoms with E-state index in [1.807, 2.05) is 42.1 Å². The number of aryl methyl sites for hydroxylation is 1. The largest absolute Gasteiger partial charge is 0.497 e. The van der Waals surface area contributed by atoms with Gasteiger partial charge in [-0.15, -0.1) is 0 Å². The molecule has 3 rings (SSSR count). The molecule has 6 heteroatoms. The van der Waals surface area contributed by atoms with Gasteiger partial charge in [0.1, 0.15) is 17.6 Å². The van der Waals surface area contributed by atoms with Crippen LogP contribution < -0.4 is 10.1 Å². The van der Waals surface area contributed by atoms with E-state index in [9.17, 15) is 4.79 Å². The summed E-state index contributed by atoms with van der Waals surface area (Å²) in [7, 11) is 3.51. The van der Waals surface area contributed by atoms with E-state index in [-0.39, 0.29) is 11.9 Å². The van der Waals surface area contributed by atoms with Gasteiger partial charge < -0.3 is 14.6 Å². The predicted molar refractivity (Wildman–Crippen MR) is 97.0 cm³/mol. The van der Waals surface area contributed by atoms with Crippen LogP contribution in [0.1, 0.15) is 27.8 Å². The summed E-state index contributed by atoms with van der Waals surface area (Å²) in [5.41, 5.74) is 1.45. The number of rotatable bonds is 5. The number of benzene rings is 2. The van der Waals surface area contributed by atoms with E-state index in [2.05, 4.69) is 10.3 Å². The summed E-state index contributed by atoms with van der Waals surface area (Å²) in [6.07, 6.45) is 3.56. The van der Waals surface area contributed by atoms with E-state index in [1.54, 1.807) is 37.6 Å². The van der Waals surface area contributed by atoms with Crippen molar-refractivity contribution in [2.75, 3.05) is 7.11 Å². The Bertz CT molecular complexity index is 857. The molecule has 0 spiro atoms. The summed E-state index contributed by atoms with van der Waals surface area (Å²) in [5, 5.41) is 3.63. The van der Waals surface area contributed by atoms with Crippen LogP contribution in [0.2, 0.25) is 5.02 Å². The van der Waals surface area contributed by atoms with Crippen molar-refractivity contribution in [2.45, 2.75) is 6.04 Å². The van der Waals surface area contributed by atoms with Gasteiger partial charge in [-0.05, 0) is 42.0 Å². The first-order valence-electron chi connectivity index (χ1n) is 7.76. The molecule has 1 aromatic heterocycles. The first-order valence-corrected chi connectivity index (χ1v) is 8.14. The van der Waals surface area contributed by atoms with Crippen molar-refractivity contribution in [3.63, 3.8) is 0 Å². The lowest BCUT2D eigenvalue weighted by atomic mass is 10.0. The standard InChI is InChI=1S/C19H18ClN3O2/c1-23-12-11-21-18(23)17(13-5-9-16(25-2)10-6-13)22-19(24)14-3-7-15(20)8-4-14/h3-12,17H,1-2H3,(H,22,24)/t17-/m1/s1. The molecular formula is C19H18ClN3O2. The maximum atomic E-state index is 12.7. The number of ether oxygens (including phenoxy) is 1. The Morgan fingerprint density at radius 1 is 1.16 bits per heavy atom. The number of amides is 1. The van der Waals surface area contributed by atoms with E-state index < -0.39 is 0 Å². The van der Waals surface area contributed by atoms with Gasteiger partial charge in [0.25, 0.3) is 5.91 Å². The van der Waals surface area contributed by atoms with E-state index >= 15 is 0 Å². The van der Waals surface area contributed by atoms with Crippen LogP contribution in [0.4, 0.5) is 0 Å². The van der Waals surface area contributed by atoms with E-state index in [1.165, 1.54) is 0 Å². The topological polar surface area (TPSA) is 56.1 Å². The number of nitrogens with zero attached hydrogens (tertiary/aromatic N) is 2. The van der Waals surface area contributed by atoms with Crippen molar-refractivity contribution in [3.05, 3.63) is 82.9 Å². The number of methoxy groups -OCH3 is 1. The Labute approximate surface area is 151 Å². The highest BCUT2D eigenvalue weighted by molar-refractivity contribution is 6.30. The van der Waals surface area contributed by atoms with Gasteiger partial charge in [0.2, 0.25) is 0 Å². The fourth-order valence-electron chi connectivity index (χ4n) is 2.56. The molecule has 2 aromatic carbocycles. The molecule has 1 amide bonds. The summed E-state index contributed by atoms with van der Waals surface area (Å²) in [4.78, 5) is 17.0. The summed E-state index contributed by atoms with van der Waals surface area (Å²) in [6, 6.07) is 14.0. The Morgan fingerprint density at radius 3 is 2.40 bits per heavy atom. The second-order valence-electron chi connectivity index (χ2n) is 5.58. The molecule has 0 aliphatic rings. The number of hydrogen-bond donors (Lipinski definition) is 1. The number of hydrogen-bond acceptors (Lipinski definition) is 3. The van der Waals surface area contributed by atoms with Crippen molar-refractivity contribution in [1.29, 1.82) is 0 Å². The molecule has 1 atom stereocenters. The van der Waals surface area contributed by atoms with Gasteiger partial charge >= 0.3 is 0 Å². The maximum Gasteiger partial charge on any atom is 0.252 e. The molecule has 3 aromatic rings. The number of nitrogens with one attached hydrogen (secondary N) is 1. The maximum absolute atomic E-state index is 12.7. The number of carbonyl (C=O) groups is 1. The molecule has 0 saturated carbocycles. The zero-order valence-electron chi connectivity index (χ0n) is 13.9. The smallest absolute Gasteiger partial charge is 0.252 e. The molecule has 128 valence electrons. The van der Waals surface area contributed by atoms with Crippen LogP contribution in [-0.2, 0) is 7.05 Å². The average Bonchev–Trinajstić information content (AvgIpc) is 3.06. The Morgan fingerprint density at radius 2 is 1.84 bits per heavy atom. The molecule has 1 heterocycles. The molecule has 0 aliphatic carbocycles. The minimum absolute atomic E-state index is 0.194. The lowest BCUT2D eigenvalue weighted by Crippen LogP contribution is -2.31. The lowest BCUT2D eigenvalue weighted by Gasteiger charge is -2.19. The van der Waals surface area contributed by atoms with Crippen molar-refractivity contribution >= 4 is 17.5 Å². The highest BCUT2D eigenvalue weighted by atomic mass is 35.5. The summed E-state index contributed by atoms with van der Waals surface area (Å²) >= 11 is 5.89. The summed E-state index contributed by atoms with van der Waals surface area (Å²) < 4.78 is 7.09. The first kappa shape index (κ1) is 17.0. The third-order valence-corrected chi connectivity index (χ3v) is 4.20. The van der Waals surface area contributed by atoms with Crippen LogP contribution in [0.3, 0.4) is 0 Å². The zero-order valence-corrected chi connectivity index (χ0v) is 14.7. The minimum atomic E-state index is -0.380. The van der Waals surface area contributed by atoms with Gasteiger partial charge in [-0.25, -0.2) is 4.98 Å². The zero-order chi connectivity index (χ0) is 17.8. The second-order valence-corrected chi connectivity index (χ2v) is 6.02. The van der Waals surface area contributed by atoms with Crippen molar-refractivity contribution in [1.82, 2.24) is 14.9 Å². The van der Waals surface area contributed by atoms with Gasteiger partial charge in [0.05, 0.1) is 7.11 Å².